The Labute approximate surface area is 113 Å². The van der Waals surface area contributed by atoms with Crippen molar-refractivity contribution in [2.75, 3.05) is 25.9 Å². The summed E-state index contributed by atoms with van der Waals surface area (Å²) < 4.78 is 7.31. The highest BCUT2D eigenvalue weighted by Gasteiger charge is 2.23. The van der Waals surface area contributed by atoms with Gasteiger partial charge in [-0.3, -0.25) is 9.48 Å². The van der Waals surface area contributed by atoms with Crippen molar-refractivity contribution in [2.24, 2.45) is 0 Å². The van der Waals surface area contributed by atoms with Crippen LogP contribution in [-0.4, -0.2) is 46.9 Å². The second-order valence-corrected chi connectivity index (χ2v) is 4.96. The van der Waals surface area contributed by atoms with Gasteiger partial charge in [-0.05, 0) is 26.2 Å². The van der Waals surface area contributed by atoms with Crippen LogP contribution in [0.4, 0.5) is 5.69 Å². The van der Waals surface area contributed by atoms with E-state index in [0.29, 0.717) is 24.5 Å². The van der Waals surface area contributed by atoms with Crippen molar-refractivity contribution in [1.82, 2.24) is 14.7 Å². The Kier molecular flexibility index (Phi) is 4.42. The van der Waals surface area contributed by atoms with Crippen molar-refractivity contribution in [1.29, 1.82) is 0 Å². The van der Waals surface area contributed by atoms with E-state index in [1.54, 1.807) is 22.8 Å². The summed E-state index contributed by atoms with van der Waals surface area (Å²) in [6.45, 7) is 4.05. The van der Waals surface area contributed by atoms with Crippen LogP contribution in [0.1, 0.15) is 36.7 Å². The van der Waals surface area contributed by atoms with Gasteiger partial charge >= 0.3 is 0 Å². The maximum atomic E-state index is 12.3. The van der Waals surface area contributed by atoms with Gasteiger partial charge in [0, 0.05) is 32.9 Å². The zero-order valence-corrected chi connectivity index (χ0v) is 11.6. The molecule has 0 spiro atoms. The summed E-state index contributed by atoms with van der Waals surface area (Å²) in [7, 11) is 1.77. The predicted octanol–water partition coefficient (Wildman–Crippen LogP) is 1.13. The predicted molar refractivity (Wildman–Crippen MR) is 72.9 cm³/mol. The molecule has 6 heteroatoms. The molecule has 2 N–H and O–H groups in total. The summed E-state index contributed by atoms with van der Waals surface area (Å²) in [5.74, 6) is -0.140. The molecule has 1 aromatic heterocycles. The van der Waals surface area contributed by atoms with E-state index in [-0.39, 0.29) is 12.0 Å². The summed E-state index contributed by atoms with van der Waals surface area (Å²) >= 11 is 0. The molecule has 2 rings (SSSR count). The monoisotopic (exact) mass is 266 g/mol. The maximum absolute atomic E-state index is 12.3. The van der Waals surface area contributed by atoms with Gasteiger partial charge in [-0.2, -0.15) is 5.10 Å². The number of carbonyl (C=O) groups excluding carboxylic acids is 1. The van der Waals surface area contributed by atoms with Gasteiger partial charge in [0.2, 0.25) is 0 Å². The van der Waals surface area contributed by atoms with Crippen LogP contribution in [0.3, 0.4) is 0 Å². The van der Waals surface area contributed by atoms with Crippen LogP contribution in [-0.2, 0) is 11.3 Å². The van der Waals surface area contributed by atoms with Gasteiger partial charge in [0.05, 0.1) is 11.8 Å². The molecule has 19 heavy (non-hydrogen) atoms. The van der Waals surface area contributed by atoms with Gasteiger partial charge in [0.15, 0.2) is 5.69 Å². The highest BCUT2D eigenvalue weighted by molar-refractivity contribution is 5.96. The molecule has 0 radical (unpaired) electrons. The molecule has 1 aliphatic heterocycles. The largest absolute Gasteiger partial charge is 0.396 e. The molecular formula is C13H22N4O2. The molecule has 6 nitrogen and oxygen atoms in total. The molecule has 1 fully saturated rings. The molecule has 0 bridgehead atoms. The standard InChI is InChI=1S/C13H22N4O2/c1-3-17-9-11(14)12(15-17)13(18)16(2)8-10-6-4-5-7-19-10/h9-10H,3-8,14H2,1-2H3. The van der Waals surface area contributed by atoms with Crippen molar-refractivity contribution < 1.29 is 9.53 Å². The Morgan fingerprint density at radius 1 is 1.63 bits per heavy atom. The number of aryl methyl sites for hydroxylation is 1. The highest BCUT2D eigenvalue weighted by Crippen LogP contribution is 2.16. The number of hydrogen-bond acceptors (Lipinski definition) is 4. The van der Waals surface area contributed by atoms with E-state index in [2.05, 4.69) is 5.10 Å². The van der Waals surface area contributed by atoms with E-state index in [9.17, 15) is 4.79 Å². The molecule has 1 unspecified atom stereocenters. The zero-order chi connectivity index (χ0) is 13.8. The van der Waals surface area contributed by atoms with Crippen LogP contribution in [0.2, 0.25) is 0 Å². The van der Waals surface area contributed by atoms with E-state index in [0.717, 1.165) is 19.4 Å². The van der Waals surface area contributed by atoms with E-state index in [1.165, 1.54) is 6.42 Å². The smallest absolute Gasteiger partial charge is 0.276 e. The van der Waals surface area contributed by atoms with Gasteiger partial charge < -0.3 is 15.4 Å². The van der Waals surface area contributed by atoms with E-state index >= 15 is 0 Å². The Bertz CT molecular complexity index is 438. The molecule has 1 atom stereocenters. The number of aromatic nitrogens is 2. The number of ether oxygens (including phenoxy) is 1. The minimum absolute atomic E-state index is 0.136. The maximum Gasteiger partial charge on any atom is 0.276 e. The average molecular weight is 266 g/mol. The van der Waals surface area contributed by atoms with Crippen LogP contribution >= 0.6 is 0 Å². The molecule has 2 heterocycles. The Morgan fingerprint density at radius 3 is 3.00 bits per heavy atom. The minimum Gasteiger partial charge on any atom is -0.396 e. The molecule has 1 amide bonds. The number of nitrogen functional groups attached to an aromatic ring is 1. The number of hydrogen-bond donors (Lipinski definition) is 1. The number of nitrogens with zero attached hydrogens (tertiary/aromatic N) is 3. The van der Waals surface area contributed by atoms with Crippen LogP contribution in [0, 0.1) is 0 Å². The second kappa shape index (κ2) is 6.06. The van der Waals surface area contributed by atoms with Crippen LogP contribution in [0.5, 0.6) is 0 Å². The number of anilines is 1. The fraction of sp³-hybridized carbons (Fsp3) is 0.692. The molecule has 0 aromatic carbocycles. The van der Waals surface area contributed by atoms with Gasteiger partial charge in [-0.1, -0.05) is 0 Å². The summed E-state index contributed by atoms with van der Waals surface area (Å²) in [5, 5.41) is 4.20. The van der Waals surface area contributed by atoms with Crippen molar-refractivity contribution >= 4 is 11.6 Å². The minimum atomic E-state index is -0.140. The summed E-state index contributed by atoms with van der Waals surface area (Å²) in [6.07, 6.45) is 5.12. The third kappa shape index (κ3) is 3.26. The Morgan fingerprint density at radius 2 is 2.42 bits per heavy atom. The third-order valence-corrected chi connectivity index (χ3v) is 3.41. The quantitative estimate of drug-likeness (QED) is 0.886. The number of likely N-dealkylation sites (N-methyl/N-ethyl adjacent to an activating group) is 1. The molecular weight excluding hydrogens is 244 g/mol. The number of nitrogens with two attached hydrogens (primary N) is 1. The molecule has 1 aromatic rings. The van der Waals surface area contributed by atoms with Crippen LogP contribution < -0.4 is 5.73 Å². The lowest BCUT2D eigenvalue weighted by atomic mass is 10.1. The fourth-order valence-corrected chi connectivity index (χ4v) is 2.29. The second-order valence-electron chi connectivity index (χ2n) is 4.96. The highest BCUT2D eigenvalue weighted by atomic mass is 16.5. The number of carbonyl (C=O) groups is 1. The Balaban J connectivity index is 1.99. The first-order chi connectivity index (χ1) is 9.11. The lowest BCUT2D eigenvalue weighted by Crippen LogP contribution is -2.37. The summed E-state index contributed by atoms with van der Waals surface area (Å²) in [5.41, 5.74) is 6.59. The van der Waals surface area contributed by atoms with Crippen molar-refractivity contribution in [3.05, 3.63) is 11.9 Å². The molecule has 0 aliphatic carbocycles. The van der Waals surface area contributed by atoms with Gasteiger partial charge in [-0.15, -0.1) is 0 Å². The topological polar surface area (TPSA) is 73.4 Å². The van der Waals surface area contributed by atoms with Gasteiger partial charge in [0.25, 0.3) is 5.91 Å². The van der Waals surface area contributed by atoms with E-state index < -0.39 is 0 Å². The normalized spacial score (nSPS) is 19.4. The zero-order valence-electron chi connectivity index (χ0n) is 11.6. The van der Waals surface area contributed by atoms with E-state index in [4.69, 9.17) is 10.5 Å². The van der Waals surface area contributed by atoms with Crippen LogP contribution in [0.15, 0.2) is 6.20 Å². The SMILES string of the molecule is CCn1cc(N)c(C(=O)N(C)CC2CCCCO2)n1. The number of amides is 1. The van der Waals surface area contributed by atoms with Crippen molar-refractivity contribution in [3.63, 3.8) is 0 Å². The molecule has 1 saturated heterocycles. The summed E-state index contributed by atoms with van der Waals surface area (Å²) in [4.78, 5) is 13.9. The molecule has 1 aliphatic rings. The van der Waals surface area contributed by atoms with Crippen molar-refractivity contribution in [3.8, 4) is 0 Å². The third-order valence-electron chi connectivity index (χ3n) is 3.41. The Hall–Kier alpha value is -1.56. The van der Waals surface area contributed by atoms with Crippen molar-refractivity contribution in [2.45, 2.75) is 38.8 Å². The lowest BCUT2D eigenvalue weighted by molar-refractivity contribution is -0.000286. The first-order valence-corrected chi connectivity index (χ1v) is 6.81. The van der Waals surface area contributed by atoms with Crippen LogP contribution in [0.25, 0.3) is 0 Å². The summed E-state index contributed by atoms with van der Waals surface area (Å²) in [6, 6.07) is 0. The first-order valence-electron chi connectivity index (χ1n) is 6.81. The number of rotatable bonds is 4. The van der Waals surface area contributed by atoms with Gasteiger partial charge in [0.1, 0.15) is 0 Å². The van der Waals surface area contributed by atoms with E-state index in [1.807, 2.05) is 6.92 Å². The average Bonchev–Trinajstić information content (AvgIpc) is 2.80. The molecule has 106 valence electrons. The fourth-order valence-electron chi connectivity index (χ4n) is 2.29. The lowest BCUT2D eigenvalue weighted by Gasteiger charge is -2.27. The van der Waals surface area contributed by atoms with Gasteiger partial charge in [-0.25, -0.2) is 0 Å². The molecule has 0 saturated carbocycles. The first kappa shape index (κ1) is 13.9.